The minimum Gasteiger partial charge on any atom is -0.497 e. The van der Waals surface area contributed by atoms with Crippen LogP contribution in [-0.4, -0.2) is 66.5 Å². The molecule has 32 heavy (non-hydrogen) atoms. The minimum atomic E-state index is -1.49. The van der Waals surface area contributed by atoms with Gasteiger partial charge in [-0.05, 0) is 17.7 Å². The van der Waals surface area contributed by atoms with Crippen LogP contribution in [-0.2, 0) is 32.3 Å². The van der Waals surface area contributed by atoms with Crippen LogP contribution in [0, 0.1) is 0 Å². The average Bonchev–Trinajstić information content (AvgIpc) is 2.82. The molecular weight excluding hydrogens is 420 g/mol. The van der Waals surface area contributed by atoms with Gasteiger partial charge in [-0.25, -0.2) is 9.59 Å². The van der Waals surface area contributed by atoms with Crippen LogP contribution in [0.4, 0.5) is 4.79 Å². The molecule has 170 valence electrons. The lowest BCUT2D eigenvalue weighted by molar-refractivity contribution is -0.218. The summed E-state index contributed by atoms with van der Waals surface area (Å²) >= 11 is 0. The number of carbonyl (C=O) groups is 3. The Morgan fingerprint density at radius 2 is 1.78 bits per heavy atom. The van der Waals surface area contributed by atoms with Crippen LogP contribution in [0.25, 0.3) is 0 Å². The van der Waals surface area contributed by atoms with Crippen molar-refractivity contribution in [2.75, 3.05) is 21.3 Å². The van der Waals surface area contributed by atoms with Gasteiger partial charge < -0.3 is 24.2 Å². The highest BCUT2D eigenvalue weighted by Gasteiger charge is 2.57. The molecule has 0 aromatic heterocycles. The number of nitrogens with zero attached hydrogens (tertiary/aromatic N) is 2. The molecule has 1 N–H and O–H groups in total. The third-order valence-electron chi connectivity index (χ3n) is 5.10. The van der Waals surface area contributed by atoms with E-state index in [2.05, 4.69) is 0 Å². The number of carboxylic acid groups (broad SMARTS) is 1. The molecule has 3 rings (SSSR count). The molecule has 10 heteroatoms. The Balaban J connectivity index is 1.82. The van der Waals surface area contributed by atoms with E-state index in [-0.39, 0.29) is 13.2 Å². The topological polar surface area (TPSA) is 115 Å². The predicted octanol–water partition coefficient (Wildman–Crippen LogP) is 2.07. The van der Waals surface area contributed by atoms with Gasteiger partial charge in [0.25, 0.3) is 5.91 Å². The lowest BCUT2D eigenvalue weighted by Gasteiger charge is -2.47. The predicted molar refractivity (Wildman–Crippen MR) is 111 cm³/mol. The molecule has 2 aromatic carbocycles. The molecule has 1 heterocycles. The minimum absolute atomic E-state index is 0.00835. The van der Waals surface area contributed by atoms with E-state index in [1.54, 1.807) is 42.5 Å². The molecule has 2 amide bonds. The maximum Gasteiger partial charge on any atom is 0.432 e. The summed E-state index contributed by atoms with van der Waals surface area (Å²) in [5.41, 5.74) is 1.32. The Morgan fingerprint density at radius 3 is 2.38 bits per heavy atom. The summed E-state index contributed by atoms with van der Waals surface area (Å²) in [6, 6.07) is 11.4. The van der Waals surface area contributed by atoms with Crippen molar-refractivity contribution in [3.63, 3.8) is 0 Å². The van der Waals surface area contributed by atoms with Gasteiger partial charge >= 0.3 is 12.1 Å². The van der Waals surface area contributed by atoms with Crippen LogP contribution in [0.15, 0.2) is 48.5 Å². The molecule has 2 atom stereocenters. The fourth-order valence-electron chi connectivity index (χ4n) is 3.45. The van der Waals surface area contributed by atoms with E-state index >= 15 is 0 Å². The monoisotopic (exact) mass is 444 g/mol. The second-order valence-electron chi connectivity index (χ2n) is 6.92. The Bertz CT molecular complexity index is 981. The van der Waals surface area contributed by atoms with E-state index in [4.69, 9.17) is 19.0 Å². The van der Waals surface area contributed by atoms with Crippen molar-refractivity contribution in [2.45, 2.75) is 25.2 Å². The summed E-state index contributed by atoms with van der Waals surface area (Å²) in [6.07, 6.45) is -1.49. The number of likely N-dealkylation sites (tertiary alicyclic amines) is 1. The van der Waals surface area contributed by atoms with Gasteiger partial charge in [0, 0.05) is 11.6 Å². The normalized spacial score (nSPS) is 17.3. The van der Waals surface area contributed by atoms with Crippen LogP contribution in [0.1, 0.15) is 11.1 Å². The summed E-state index contributed by atoms with van der Waals surface area (Å²) < 4.78 is 15.3. The lowest BCUT2D eigenvalue weighted by atomic mass is 9.93. The Kier molecular flexibility index (Phi) is 7.16. The van der Waals surface area contributed by atoms with E-state index in [0.717, 1.165) is 0 Å². The number of hydrogen-bond donors (Lipinski definition) is 1. The highest BCUT2D eigenvalue weighted by molar-refractivity contribution is 6.01. The SMILES string of the molecule is COC(=O)[C@H]1[C@@H](N(OCc2ccccc2)C(=O)O)C(=O)N1Cc1ccc(OC)cc1OC. The number of rotatable bonds is 9. The number of hydroxylamine groups is 2. The first-order valence-corrected chi connectivity index (χ1v) is 9.69. The van der Waals surface area contributed by atoms with Crippen molar-refractivity contribution in [1.29, 1.82) is 0 Å². The summed E-state index contributed by atoms with van der Waals surface area (Å²) in [4.78, 5) is 43.9. The zero-order valence-corrected chi connectivity index (χ0v) is 17.9. The van der Waals surface area contributed by atoms with Gasteiger partial charge in [-0.2, -0.15) is 5.06 Å². The largest absolute Gasteiger partial charge is 0.497 e. The lowest BCUT2D eigenvalue weighted by Crippen LogP contribution is -2.73. The first kappa shape index (κ1) is 22.9. The Hall–Kier alpha value is -3.79. The van der Waals surface area contributed by atoms with Crippen LogP contribution >= 0.6 is 0 Å². The zero-order valence-electron chi connectivity index (χ0n) is 17.9. The smallest absolute Gasteiger partial charge is 0.432 e. The van der Waals surface area contributed by atoms with E-state index in [1.807, 2.05) is 6.07 Å². The molecule has 10 nitrogen and oxygen atoms in total. The van der Waals surface area contributed by atoms with Gasteiger partial charge in [0.2, 0.25) is 0 Å². The number of esters is 1. The Morgan fingerprint density at radius 1 is 1.06 bits per heavy atom. The van der Waals surface area contributed by atoms with E-state index < -0.39 is 30.1 Å². The standard InChI is InChI=1S/C22H24N2O8/c1-29-16-10-9-15(17(11-16)30-2)12-23-19(21(26)31-3)18(20(23)25)24(22(27)28)32-13-14-7-5-4-6-8-14/h4-11,18-19H,12-13H2,1-3H3,(H,27,28)/t18-,19-/m1/s1. The van der Waals surface area contributed by atoms with Gasteiger partial charge in [-0.1, -0.05) is 30.3 Å². The number of methoxy groups -OCH3 is 3. The molecule has 1 aliphatic rings. The molecule has 1 aliphatic heterocycles. The fourth-order valence-corrected chi connectivity index (χ4v) is 3.45. The third kappa shape index (κ3) is 4.59. The van der Waals surface area contributed by atoms with E-state index in [9.17, 15) is 19.5 Å². The van der Waals surface area contributed by atoms with Gasteiger partial charge in [0.05, 0.1) is 27.9 Å². The molecule has 0 radical (unpaired) electrons. The molecule has 1 fully saturated rings. The highest BCUT2D eigenvalue weighted by Crippen LogP contribution is 2.33. The summed E-state index contributed by atoms with van der Waals surface area (Å²) in [5, 5.41) is 10.1. The number of carbonyl (C=O) groups excluding carboxylic acids is 2. The van der Waals surface area contributed by atoms with Crippen molar-refractivity contribution in [1.82, 2.24) is 9.96 Å². The van der Waals surface area contributed by atoms with E-state index in [0.29, 0.717) is 27.7 Å². The van der Waals surface area contributed by atoms with Crippen molar-refractivity contribution < 1.29 is 38.5 Å². The number of hydrogen-bond acceptors (Lipinski definition) is 7. The second-order valence-corrected chi connectivity index (χ2v) is 6.92. The highest BCUT2D eigenvalue weighted by atomic mass is 16.7. The third-order valence-corrected chi connectivity index (χ3v) is 5.10. The van der Waals surface area contributed by atoms with Crippen molar-refractivity contribution in [2.24, 2.45) is 0 Å². The number of β-lactam (4-membered cyclic amide) rings is 1. The molecule has 0 spiro atoms. The maximum absolute atomic E-state index is 12.9. The molecule has 0 bridgehead atoms. The van der Waals surface area contributed by atoms with Crippen LogP contribution in [0.2, 0.25) is 0 Å². The van der Waals surface area contributed by atoms with Gasteiger partial charge in [-0.3, -0.25) is 9.63 Å². The van der Waals surface area contributed by atoms with Crippen molar-refractivity contribution in [3.8, 4) is 11.5 Å². The molecular formula is C22H24N2O8. The van der Waals surface area contributed by atoms with Crippen LogP contribution in [0.3, 0.4) is 0 Å². The zero-order chi connectivity index (χ0) is 23.3. The first-order chi connectivity index (χ1) is 15.4. The average molecular weight is 444 g/mol. The van der Waals surface area contributed by atoms with Gasteiger partial charge in [-0.15, -0.1) is 0 Å². The molecule has 0 unspecified atom stereocenters. The summed E-state index contributed by atoms with van der Waals surface area (Å²) in [7, 11) is 4.16. The second kappa shape index (κ2) is 10.0. The Labute approximate surface area is 184 Å². The van der Waals surface area contributed by atoms with Gasteiger partial charge in [0.15, 0.2) is 12.1 Å². The number of amides is 2. The van der Waals surface area contributed by atoms with Crippen LogP contribution < -0.4 is 9.47 Å². The van der Waals surface area contributed by atoms with Gasteiger partial charge in [0.1, 0.15) is 18.1 Å². The quantitative estimate of drug-likeness (QED) is 0.355. The molecule has 2 aromatic rings. The maximum atomic E-state index is 12.9. The van der Waals surface area contributed by atoms with Crippen molar-refractivity contribution in [3.05, 3.63) is 59.7 Å². The molecule has 0 aliphatic carbocycles. The number of benzene rings is 2. The fraction of sp³-hybridized carbons (Fsp3) is 0.318. The first-order valence-electron chi connectivity index (χ1n) is 9.69. The molecule has 1 saturated heterocycles. The molecule has 0 saturated carbocycles. The summed E-state index contributed by atoms with van der Waals surface area (Å²) in [6.45, 7) is -0.0778. The van der Waals surface area contributed by atoms with E-state index in [1.165, 1.54) is 26.2 Å². The summed E-state index contributed by atoms with van der Waals surface area (Å²) in [5.74, 6) is -0.320. The number of ether oxygens (including phenoxy) is 3. The van der Waals surface area contributed by atoms with Crippen LogP contribution in [0.5, 0.6) is 11.5 Å². The van der Waals surface area contributed by atoms with Crippen molar-refractivity contribution >= 4 is 18.0 Å².